The number of nitrogens with two attached hydrogens (primary N) is 1. The smallest absolute Gasteiger partial charge is 0.242 e. The van der Waals surface area contributed by atoms with Crippen molar-refractivity contribution in [3.05, 3.63) is 0 Å². The van der Waals surface area contributed by atoms with Crippen LogP contribution in [0.1, 0.15) is 26.2 Å². The van der Waals surface area contributed by atoms with Gasteiger partial charge < -0.3 is 9.80 Å². The van der Waals surface area contributed by atoms with E-state index in [0.717, 1.165) is 6.42 Å². The quantitative estimate of drug-likeness (QED) is 0.356. The second-order valence-electron chi connectivity index (χ2n) is 4.30. The van der Waals surface area contributed by atoms with E-state index in [9.17, 15) is 14.4 Å². The molecule has 7 nitrogen and oxygen atoms in total. The van der Waals surface area contributed by atoms with Crippen LogP contribution in [-0.2, 0) is 14.4 Å². The summed E-state index contributed by atoms with van der Waals surface area (Å²) in [7, 11) is 0. The summed E-state index contributed by atoms with van der Waals surface area (Å²) < 4.78 is 0. The predicted octanol–water partition coefficient (Wildman–Crippen LogP) is -1.16. The highest BCUT2D eigenvalue weighted by molar-refractivity contribution is 5.92. The Morgan fingerprint density at radius 1 is 1.22 bits per heavy atom. The van der Waals surface area contributed by atoms with Crippen molar-refractivity contribution in [1.29, 1.82) is 0 Å². The number of amides is 3. The SMILES string of the molecule is CCCN1CC(=O)N(CCCC(=O)NN)CC1=O. The lowest BCUT2D eigenvalue weighted by atomic mass is 10.2. The van der Waals surface area contributed by atoms with Gasteiger partial charge in [0.05, 0.1) is 13.1 Å². The van der Waals surface area contributed by atoms with E-state index in [1.807, 2.05) is 12.3 Å². The molecule has 3 N–H and O–H groups in total. The highest BCUT2D eigenvalue weighted by Gasteiger charge is 2.28. The van der Waals surface area contributed by atoms with Gasteiger partial charge in [0.25, 0.3) is 0 Å². The first-order valence-corrected chi connectivity index (χ1v) is 6.13. The third kappa shape index (κ3) is 3.99. The van der Waals surface area contributed by atoms with E-state index in [2.05, 4.69) is 0 Å². The first-order chi connectivity index (χ1) is 8.58. The van der Waals surface area contributed by atoms with Crippen molar-refractivity contribution in [1.82, 2.24) is 15.2 Å². The summed E-state index contributed by atoms with van der Waals surface area (Å²) in [5, 5.41) is 0. The number of carbonyl (C=O) groups excluding carboxylic acids is 3. The van der Waals surface area contributed by atoms with Crippen LogP contribution in [0.3, 0.4) is 0 Å². The molecular formula is C11H20N4O3. The van der Waals surface area contributed by atoms with Gasteiger partial charge in [-0.3, -0.25) is 19.8 Å². The third-order valence-electron chi connectivity index (χ3n) is 2.84. The van der Waals surface area contributed by atoms with Gasteiger partial charge in [-0.25, -0.2) is 5.84 Å². The average Bonchev–Trinajstić information content (AvgIpc) is 2.35. The molecular weight excluding hydrogens is 236 g/mol. The molecule has 1 aliphatic heterocycles. The normalized spacial score (nSPS) is 16.1. The summed E-state index contributed by atoms with van der Waals surface area (Å²) >= 11 is 0. The highest BCUT2D eigenvalue weighted by atomic mass is 16.2. The number of nitrogens with zero attached hydrogens (tertiary/aromatic N) is 2. The van der Waals surface area contributed by atoms with Gasteiger partial charge in [0.1, 0.15) is 0 Å². The van der Waals surface area contributed by atoms with E-state index in [-0.39, 0.29) is 37.2 Å². The Morgan fingerprint density at radius 2 is 1.78 bits per heavy atom. The molecule has 0 aromatic carbocycles. The summed E-state index contributed by atoms with van der Waals surface area (Å²) in [4.78, 5) is 37.5. The van der Waals surface area contributed by atoms with E-state index in [1.165, 1.54) is 4.90 Å². The zero-order valence-electron chi connectivity index (χ0n) is 10.6. The zero-order valence-corrected chi connectivity index (χ0v) is 10.6. The van der Waals surface area contributed by atoms with Gasteiger partial charge in [-0.1, -0.05) is 6.92 Å². The molecule has 18 heavy (non-hydrogen) atoms. The molecule has 0 radical (unpaired) electrons. The minimum absolute atomic E-state index is 0.0280. The average molecular weight is 256 g/mol. The summed E-state index contributed by atoms with van der Waals surface area (Å²) in [6, 6.07) is 0. The summed E-state index contributed by atoms with van der Waals surface area (Å²) in [5.74, 6) is 4.60. The minimum atomic E-state index is -0.265. The topological polar surface area (TPSA) is 95.7 Å². The first-order valence-electron chi connectivity index (χ1n) is 6.13. The number of hydrogen-bond acceptors (Lipinski definition) is 4. The molecule has 7 heteroatoms. The largest absolute Gasteiger partial charge is 0.332 e. The fraction of sp³-hybridized carbons (Fsp3) is 0.727. The van der Waals surface area contributed by atoms with Crippen LogP contribution in [0.4, 0.5) is 0 Å². The van der Waals surface area contributed by atoms with Gasteiger partial charge in [0.15, 0.2) is 0 Å². The zero-order chi connectivity index (χ0) is 13.5. The molecule has 1 fully saturated rings. The maximum absolute atomic E-state index is 11.8. The van der Waals surface area contributed by atoms with Crippen LogP contribution in [0.15, 0.2) is 0 Å². The van der Waals surface area contributed by atoms with Crippen molar-refractivity contribution >= 4 is 17.7 Å². The van der Waals surface area contributed by atoms with Crippen molar-refractivity contribution in [3.8, 4) is 0 Å². The van der Waals surface area contributed by atoms with Gasteiger partial charge in [0.2, 0.25) is 17.7 Å². The van der Waals surface area contributed by atoms with Crippen LogP contribution in [0.5, 0.6) is 0 Å². The molecule has 0 saturated carbocycles. The molecule has 0 aromatic heterocycles. The Labute approximate surface area is 106 Å². The standard InChI is InChI=1S/C11H20N4O3/c1-2-5-14-7-11(18)15(8-10(14)17)6-3-4-9(16)13-12/h2-8,12H2,1H3,(H,13,16). The molecule has 1 heterocycles. The number of hydrogen-bond donors (Lipinski definition) is 2. The van der Waals surface area contributed by atoms with Crippen LogP contribution in [0.25, 0.3) is 0 Å². The second-order valence-corrected chi connectivity index (χ2v) is 4.30. The van der Waals surface area contributed by atoms with Gasteiger partial charge in [-0.2, -0.15) is 0 Å². The number of carbonyl (C=O) groups is 3. The number of hydrazine groups is 1. The van der Waals surface area contributed by atoms with Gasteiger partial charge in [-0.05, 0) is 12.8 Å². The van der Waals surface area contributed by atoms with E-state index in [4.69, 9.17) is 5.84 Å². The Morgan fingerprint density at radius 3 is 2.28 bits per heavy atom. The highest BCUT2D eigenvalue weighted by Crippen LogP contribution is 2.07. The molecule has 0 aliphatic carbocycles. The third-order valence-corrected chi connectivity index (χ3v) is 2.84. The van der Waals surface area contributed by atoms with Crippen LogP contribution < -0.4 is 11.3 Å². The minimum Gasteiger partial charge on any atom is -0.332 e. The summed E-state index contributed by atoms with van der Waals surface area (Å²) in [5.41, 5.74) is 2.03. The number of piperazine rings is 1. The van der Waals surface area contributed by atoms with E-state index in [1.54, 1.807) is 4.90 Å². The predicted molar refractivity (Wildman–Crippen MR) is 65.0 cm³/mol. The molecule has 1 saturated heterocycles. The van der Waals surface area contributed by atoms with E-state index in [0.29, 0.717) is 19.5 Å². The lowest BCUT2D eigenvalue weighted by molar-refractivity contribution is -0.150. The van der Waals surface area contributed by atoms with Crippen LogP contribution in [0.2, 0.25) is 0 Å². The monoisotopic (exact) mass is 256 g/mol. The van der Waals surface area contributed by atoms with Crippen molar-refractivity contribution in [2.24, 2.45) is 5.84 Å². The van der Waals surface area contributed by atoms with Crippen molar-refractivity contribution in [3.63, 3.8) is 0 Å². The Kier molecular flexibility index (Phi) is 5.57. The Bertz CT molecular complexity index is 332. The maximum Gasteiger partial charge on any atom is 0.242 e. The van der Waals surface area contributed by atoms with Gasteiger partial charge in [-0.15, -0.1) is 0 Å². The molecule has 0 bridgehead atoms. The number of rotatable bonds is 6. The summed E-state index contributed by atoms with van der Waals surface area (Å²) in [6.45, 7) is 3.26. The van der Waals surface area contributed by atoms with Crippen molar-refractivity contribution in [2.45, 2.75) is 26.2 Å². The first kappa shape index (κ1) is 14.4. The van der Waals surface area contributed by atoms with Gasteiger partial charge in [0, 0.05) is 19.5 Å². The van der Waals surface area contributed by atoms with Crippen LogP contribution in [-0.4, -0.2) is 53.7 Å². The van der Waals surface area contributed by atoms with Crippen LogP contribution >= 0.6 is 0 Å². The molecule has 0 unspecified atom stereocenters. The lowest BCUT2D eigenvalue weighted by Gasteiger charge is -2.33. The molecule has 0 aromatic rings. The Balaban J connectivity index is 2.38. The molecule has 1 rings (SSSR count). The second kappa shape index (κ2) is 6.95. The Hall–Kier alpha value is -1.63. The summed E-state index contributed by atoms with van der Waals surface area (Å²) in [6.07, 6.45) is 1.61. The fourth-order valence-electron chi connectivity index (χ4n) is 1.88. The molecule has 102 valence electrons. The van der Waals surface area contributed by atoms with Crippen molar-refractivity contribution < 1.29 is 14.4 Å². The molecule has 3 amide bonds. The van der Waals surface area contributed by atoms with E-state index < -0.39 is 0 Å². The molecule has 0 atom stereocenters. The van der Waals surface area contributed by atoms with Crippen LogP contribution in [0, 0.1) is 0 Å². The number of nitrogens with one attached hydrogen (secondary N) is 1. The lowest BCUT2D eigenvalue weighted by Crippen LogP contribution is -2.54. The fourth-order valence-corrected chi connectivity index (χ4v) is 1.88. The van der Waals surface area contributed by atoms with E-state index >= 15 is 0 Å². The van der Waals surface area contributed by atoms with Crippen molar-refractivity contribution in [2.75, 3.05) is 26.2 Å². The molecule has 1 aliphatic rings. The maximum atomic E-state index is 11.8. The van der Waals surface area contributed by atoms with Gasteiger partial charge >= 0.3 is 0 Å². The molecule has 0 spiro atoms.